The average Bonchev–Trinajstić information content (AvgIpc) is 0.829. The molecule has 0 spiro atoms. The van der Waals surface area contributed by atoms with Crippen molar-refractivity contribution >= 4 is 76.2 Å². The van der Waals surface area contributed by atoms with E-state index in [-0.39, 0.29) is 74.0 Å². The maximum Gasteiger partial charge on any atom is 0.416 e. The number of carbonyl (C=O) groups excluding carboxylic acids is 4. The van der Waals surface area contributed by atoms with Gasteiger partial charge in [0.25, 0.3) is 0 Å². The molecule has 0 aromatic heterocycles. The van der Waals surface area contributed by atoms with Crippen molar-refractivity contribution in [1.29, 1.82) is 0 Å². The fourth-order valence-corrected chi connectivity index (χ4v) is 10.5. The third-order valence-electron chi connectivity index (χ3n) is 16.1. The van der Waals surface area contributed by atoms with Gasteiger partial charge in [-0.15, -0.1) is 0 Å². The number of allylic oxidation sites excluding steroid dienone is 10. The minimum Gasteiger partial charge on any atom is -0.478 e. The summed E-state index contributed by atoms with van der Waals surface area (Å²) in [7, 11) is 3.50. The first-order valence-electron chi connectivity index (χ1n) is 38.2. The lowest BCUT2D eigenvalue weighted by atomic mass is 10.1. The van der Waals surface area contributed by atoms with Gasteiger partial charge in [0.15, 0.2) is 0 Å². The zero-order chi connectivity index (χ0) is 91.5. The first-order valence-corrected chi connectivity index (χ1v) is 39.7. The van der Waals surface area contributed by atoms with Crippen molar-refractivity contribution in [3.05, 3.63) is 319 Å². The van der Waals surface area contributed by atoms with E-state index >= 15 is 0 Å². The van der Waals surface area contributed by atoms with Crippen LogP contribution in [-0.2, 0) is 62.9 Å². The number of unbranched alkanes of at least 4 members (excludes halogenated alkanes) is 1. The summed E-state index contributed by atoms with van der Waals surface area (Å²) in [5.74, 6) is -4.30. The highest BCUT2D eigenvalue weighted by atomic mass is 35.5. The van der Waals surface area contributed by atoms with Crippen LogP contribution in [0.5, 0.6) is 23.0 Å². The van der Waals surface area contributed by atoms with E-state index in [0.717, 1.165) is 93.1 Å². The number of aliphatic hydroxyl groups is 1. The van der Waals surface area contributed by atoms with Crippen LogP contribution in [0.3, 0.4) is 0 Å². The molecule has 8 aromatic carbocycles. The minimum absolute atomic E-state index is 0.0329. The van der Waals surface area contributed by atoms with Crippen molar-refractivity contribution in [3.8, 4) is 23.0 Å². The molecule has 0 radical (unpaired) electrons. The van der Waals surface area contributed by atoms with Crippen molar-refractivity contribution in [2.45, 2.75) is 107 Å². The van der Waals surface area contributed by atoms with Crippen LogP contribution in [0.1, 0.15) is 127 Å². The maximum atomic E-state index is 13.1. The zero-order valence-corrected chi connectivity index (χ0v) is 70.3. The lowest BCUT2D eigenvalue weighted by molar-refractivity contribution is -0.153. The monoisotopic (exact) mass is 1820 g/mol. The van der Waals surface area contributed by atoms with E-state index in [1.54, 1.807) is 38.4 Å². The number of aliphatic hydroxyl groups excluding tert-OH is 1. The van der Waals surface area contributed by atoms with E-state index in [1.807, 2.05) is 6.08 Å². The number of aliphatic carboxylic acids is 1. The summed E-state index contributed by atoms with van der Waals surface area (Å²) in [6, 6.07) is 41.2. The van der Waals surface area contributed by atoms with E-state index in [9.17, 15) is 81.8 Å². The van der Waals surface area contributed by atoms with Crippen molar-refractivity contribution in [2.24, 2.45) is 5.73 Å². The molecule has 1 amide bonds. The number of alkyl halides is 12. The van der Waals surface area contributed by atoms with Gasteiger partial charge in [0.05, 0.1) is 35.4 Å². The Labute approximate surface area is 730 Å². The molecule has 7 N–H and O–H groups in total. The summed E-state index contributed by atoms with van der Waals surface area (Å²) in [6.45, 7) is 3.63. The SMILES string of the molecule is CC/C=C\C/C=C\C/C=C\C/C=C\C/C=C\CCCC(=O)NCCOC(=O)[C@H](Oc1cccc(C(F)(F)F)c1)c1ccc(Cl)cc1.CNCCO.CNCCOC(=O)[C@H](Oc1cccc(C(F)(F)F)c1)c1ccc(Cl)cc1.NCCOC(=O)[C@H](Oc1cccc(C(F)(F)F)c1)c1ccc(Cl)cc1.O=C(O)[C@H](Oc1cccc(C(F)(F)F)c1)c1ccc(Cl)cc1. The molecule has 8 aromatic rings. The second-order valence-corrected chi connectivity index (χ2v) is 27.6. The van der Waals surface area contributed by atoms with Crippen LogP contribution in [0.25, 0.3) is 0 Å². The predicted octanol–water partition coefficient (Wildman–Crippen LogP) is 22.0. The lowest BCUT2D eigenvalue weighted by Gasteiger charge is -2.19. The third kappa shape index (κ3) is 42.5. The Morgan fingerprint density at radius 1 is 0.395 bits per heavy atom. The van der Waals surface area contributed by atoms with Gasteiger partial charge in [-0.2, -0.15) is 52.7 Å². The van der Waals surface area contributed by atoms with Crippen LogP contribution in [0, 0.1) is 0 Å². The number of nitrogens with two attached hydrogens (primary N) is 1. The van der Waals surface area contributed by atoms with Crippen molar-refractivity contribution < 1.29 is 120 Å². The van der Waals surface area contributed by atoms with Gasteiger partial charge in [-0.1, -0.05) is 187 Å². The van der Waals surface area contributed by atoms with E-state index in [4.69, 9.17) is 90.4 Å². The Balaban J connectivity index is 0.000000356. The first-order chi connectivity index (χ1) is 59.0. The Bertz CT molecular complexity index is 4650. The Morgan fingerprint density at radius 2 is 0.677 bits per heavy atom. The molecule has 124 heavy (non-hydrogen) atoms. The Morgan fingerprint density at radius 3 is 0.952 bits per heavy atom. The summed E-state index contributed by atoms with van der Waals surface area (Å²) in [5, 5.41) is 27.2. The highest BCUT2D eigenvalue weighted by molar-refractivity contribution is 6.31. The quantitative estimate of drug-likeness (QED) is 0.00688. The number of hydrogen-bond donors (Lipinski definition) is 6. The molecule has 0 unspecified atom stereocenters. The molecule has 0 saturated heterocycles. The predicted molar refractivity (Wildman–Crippen MR) is 451 cm³/mol. The number of carboxylic acid groups (broad SMARTS) is 1. The van der Waals surface area contributed by atoms with Crippen molar-refractivity contribution in [3.63, 3.8) is 0 Å². The zero-order valence-electron chi connectivity index (χ0n) is 67.3. The topological polar surface area (TPSA) is 253 Å². The van der Waals surface area contributed by atoms with Crippen molar-refractivity contribution in [2.75, 3.05) is 66.7 Å². The smallest absolute Gasteiger partial charge is 0.416 e. The second-order valence-electron chi connectivity index (χ2n) is 25.8. The molecule has 0 aliphatic rings. The van der Waals surface area contributed by atoms with Crippen LogP contribution in [-0.4, -0.2) is 107 Å². The minimum atomic E-state index is -4.57. The number of amides is 1. The first kappa shape index (κ1) is 106. The molecule has 4 atom stereocenters. The highest BCUT2D eigenvalue weighted by Gasteiger charge is 2.36. The van der Waals surface area contributed by atoms with Crippen LogP contribution >= 0.6 is 46.4 Å². The number of esters is 3. The fourth-order valence-electron chi connectivity index (χ4n) is 10.0. The molecule has 34 heteroatoms. The summed E-state index contributed by atoms with van der Waals surface area (Å²) in [5.41, 5.74) is 3.17. The molecule has 0 aliphatic carbocycles. The van der Waals surface area contributed by atoms with Crippen LogP contribution in [0.2, 0.25) is 20.1 Å². The second kappa shape index (κ2) is 56.8. The summed E-state index contributed by atoms with van der Waals surface area (Å²) in [6.07, 6.45) is 4.52. The number of rotatable bonds is 39. The van der Waals surface area contributed by atoms with Crippen LogP contribution < -0.4 is 40.6 Å². The summed E-state index contributed by atoms with van der Waals surface area (Å²) >= 11 is 23.3. The fraction of sp³-hybridized carbons (Fsp3) is 0.300. The van der Waals surface area contributed by atoms with E-state index in [2.05, 4.69) is 77.6 Å². The third-order valence-corrected chi connectivity index (χ3v) is 17.1. The number of nitrogens with one attached hydrogen (secondary N) is 3. The van der Waals surface area contributed by atoms with E-state index < -0.39 is 95.3 Å². The van der Waals surface area contributed by atoms with Gasteiger partial charge in [-0.3, -0.25) is 4.79 Å². The number of carbonyl (C=O) groups is 5. The molecule has 0 fully saturated rings. The van der Waals surface area contributed by atoms with Gasteiger partial charge in [0.1, 0.15) is 42.8 Å². The molecule has 0 aliphatic heterocycles. The largest absolute Gasteiger partial charge is 0.478 e. The number of likely N-dealkylation sites (N-methyl/N-ethyl adjacent to an activating group) is 2. The van der Waals surface area contributed by atoms with Gasteiger partial charge < -0.3 is 65.1 Å². The van der Waals surface area contributed by atoms with Crippen LogP contribution in [0.15, 0.2) is 255 Å². The standard InChI is InChI=1S/C37H43ClF3NO4.C18H17ClF3NO3.C17H15ClF3NO3.C15H10ClF3O3.C3H9NO/c1-2-3-4-5-6-7-8-9-10-11-12-13-14-15-16-17-18-22-34(43)42-27-28-45-36(44)35(30-23-25-32(38)26-24-30)46-33-21-19-20-31(29-33)37(39,40)41;1-23-9-10-25-17(24)16(12-5-7-14(19)8-6-12)26-15-4-2-3-13(11-15)18(20,21)22;18-13-6-4-11(5-7-13)15(16(23)24-9-8-22)25-14-3-1-2-12(10-14)17(19,20)21;16-11-6-4-9(5-7-11)13(14(20)21)22-12-3-1-2-10(8-12)15(17,18)19;1-4-2-3-5/h3-4,6-7,9-10,12-13,15-16,19-21,23-26,29,35H,2,5,8,11,14,17-18,22,27-28H2,1H3,(H,42,43);2-8,11,16,23H,9-10H2,1H3;1-7,10,15H,8-9,22H2;1-8,13H,(H,20,21);4-5H,2-3H2,1H3/b4-3-,7-6-,10-9-,13-12-,16-15-;;;;/t35-;16-;15-;13-;/m1111./s1. The average molecular weight is 1830 g/mol. The van der Waals surface area contributed by atoms with Crippen LogP contribution in [0.4, 0.5) is 52.7 Å². The summed E-state index contributed by atoms with van der Waals surface area (Å²) in [4.78, 5) is 60.9. The molecule has 0 heterocycles. The number of carboxylic acids is 1. The van der Waals surface area contributed by atoms with Gasteiger partial charge >= 0.3 is 48.6 Å². The van der Waals surface area contributed by atoms with Gasteiger partial charge in [-0.25, -0.2) is 19.2 Å². The Hall–Kier alpha value is -10.8. The molecule has 0 bridgehead atoms. The normalized spacial score (nSPS) is 12.6. The Kier molecular flexibility index (Phi) is 48.4. The number of benzene rings is 8. The molecule has 18 nitrogen and oxygen atoms in total. The number of ether oxygens (including phenoxy) is 7. The molecule has 0 saturated carbocycles. The van der Waals surface area contributed by atoms with Gasteiger partial charge in [0.2, 0.25) is 30.3 Å². The van der Waals surface area contributed by atoms with Gasteiger partial charge in [-0.05, 0) is 180 Å². The number of halogens is 16. The number of hydrogen-bond acceptors (Lipinski definition) is 16. The highest BCUT2D eigenvalue weighted by Crippen LogP contribution is 2.38. The van der Waals surface area contributed by atoms with E-state index in [0.29, 0.717) is 62.7 Å². The summed E-state index contributed by atoms with van der Waals surface area (Å²) < 4.78 is 192. The maximum absolute atomic E-state index is 13.1. The molecule has 8 rings (SSSR count). The van der Waals surface area contributed by atoms with E-state index in [1.165, 1.54) is 115 Å². The lowest BCUT2D eigenvalue weighted by Crippen LogP contribution is -2.29. The van der Waals surface area contributed by atoms with Crippen molar-refractivity contribution in [1.82, 2.24) is 16.0 Å². The van der Waals surface area contributed by atoms with Gasteiger partial charge in [0, 0.05) is 68.4 Å². The molecular formula is C90H94Cl4F12N4O14. The molecular weight excluding hydrogens is 1730 g/mol. The molecule has 670 valence electrons.